The number of ether oxygens (including phenoxy) is 1. The van der Waals surface area contributed by atoms with Crippen molar-refractivity contribution in [3.63, 3.8) is 0 Å². The lowest BCUT2D eigenvalue weighted by Crippen LogP contribution is -2.44. The molecule has 148 valence electrons. The van der Waals surface area contributed by atoms with E-state index < -0.39 is 0 Å². The van der Waals surface area contributed by atoms with Crippen molar-refractivity contribution >= 4 is 5.97 Å². The fourth-order valence-corrected chi connectivity index (χ4v) is 6.02. The second-order valence-corrected chi connectivity index (χ2v) is 9.36. The molecular weight excluding hydrogens is 320 g/mol. The number of allylic oxidation sites excluding steroid dienone is 1. The van der Waals surface area contributed by atoms with Gasteiger partial charge in [0.25, 0.3) is 0 Å². The van der Waals surface area contributed by atoms with Crippen LogP contribution in [0, 0.1) is 17.3 Å². The van der Waals surface area contributed by atoms with Gasteiger partial charge in [0.15, 0.2) is 0 Å². The van der Waals surface area contributed by atoms with Crippen LogP contribution in [0.5, 0.6) is 0 Å². The maximum atomic E-state index is 13.6. The van der Waals surface area contributed by atoms with Crippen LogP contribution in [0.1, 0.15) is 109 Å². The lowest BCUT2D eigenvalue weighted by molar-refractivity contribution is -0.170. The maximum absolute atomic E-state index is 13.6. The van der Waals surface area contributed by atoms with E-state index in [0.29, 0.717) is 11.8 Å². The molecule has 2 nitrogen and oxygen atoms in total. The Hall–Kier alpha value is -0.790. The minimum atomic E-state index is -0.290. The molecule has 0 bridgehead atoms. The van der Waals surface area contributed by atoms with E-state index in [1.165, 1.54) is 83.5 Å². The van der Waals surface area contributed by atoms with Gasteiger partial charge in [-0.25, -0.2) is 0 Å². The highest BCUT2D eigenvalue weighted by Gasteiger charge is 2.48. The third-order valence-electron chi connectivity index (χ3n) is 7.51. The van der Waals surface area contributed by atoms with Gasteiger partial charge >= 0.3 is 5.97 Å². The lowest BCUT2D eigenvalue weighted by Gasteiger charge is -2.43. The van der Waals surface area contributed by atoms with Crippen molar-refractivity contribution < 1.29 is 9.53 Å². The van der Waals surface area contributed by atoms with E-state index in [-0.39, 0.29) is 17.5 Å². The minimum absolute atomic E-state index is 0.141. The summed E-state index contributed by atoms with van der Waals surface area (Å²) in [6, 6.07) is 0. The summed E-state index contributed by atoms with van der Waals surface area (Å²) in [5.41, 5.74) is -0.290. The first-order valence-electron chi connectivity index (χ1n) is 11.6. The van der Waals surface area contributed by atoms with Crippen molar-refractivity contribution in [2.24, 2.45) is 17.3 Å². The zero-order valence-corrected chi connectivity index (χ0v) is 16.9. The van der Waals surface area contributed by atoms with E-state index >= 15 is 0 Å². The number of hydrogen-bond acceptors (Lipinski definition) is 2. The summed E-state index contributed by atoms with van der Waals surface area (Å²) in [6.45, 7) is 4.05. The molecule has 0 saturated heterocycles. The molecular formula is C24H40O2. The fourth-order valence-electron chi connectivity index (χ4n) is 6.02. The standard InChI is InChI=1S/C24H40O2/c1-2-18-24(21-14-8-4-9-15-21,19-20-12-6-3-7-13-20)23(25)26-22-16-10-5-11-17-22/h2,20-22H,1,3-19H2. The Morgan fingerprint density at radius 2 is 1.38 bits per heavy atom. The van der Waals surface area contributed by atoms with Crippen molar-refractivity contribution in [3.8, 4) is 0 Å². The van der Waals surface area contributed by atoms with Crippen LogP contribution in [0.3, 0.4) is 0 Å². The molecule has 3 aliphatic rings. The average Bonchev–Trinajstić information content (AvgIpc) is 2.70. The van der Waals surface area contributed by atoms with Gasteiger partial charge in [-0.2, -0.15) is 0 Å². The molecule has 0 heterocycles. The Kier molecular flexibility index (Phi) is 7.64. The molecule has 0 aromatic rings. The Labute approximate surface area is 161 Å². The highest BCUT2D eigenvalue weighted by atomic mass is 16.5. The van der Waals surface area contributed by atoms with Crippen molar-refractivity contribution in [1.29, 1.82) is 0 Å². The summed E-state index contributed by atoms with van der Waals surface area (Å²) in [5.74, 6) is 1.36. The molecule has 0 amide bonds. The zero-order valence-electron chi connectivity index (χ0n) is 16.9. The third-order valence-corrected chi connectivity index (χ3v) is 7.51. The first kappa shape index (κ1) is 20.0. The van der Waals surface area contributed by atoms with Gasteiger partial charge in [0, 0.05) is 0 Å². The van der Waals surface area contributed by atoms with Gasteiger partial charge in [-0.3, -0.25) is 4.79 Å². The van der Waals surface area contributed by atoms with Gasteiger partial charge in [0.1, 0.15) is 6.10 Å². The van der Waals surface area contributed by atoms with Gasteiger partial charge in [-0.15, -0.1) is 6.58 Å². The SMILES string of the molecule is C=CCC(CC1CCCCC1)(C(=O)OC1CCCCC1)C1CCCCC1. The molecule has 2 heteroatoms. The number of hydrogen-bond donors (Lipinski definition) is 0. The Balaban J connectivity index is 1.78. The summed E-state index contributed by atoms with van der Waals surface area (Å²) in [7, 11) is 0. The van der Waals surface area contributed by atoms with Crippen LogP contribution in [0.2, 0.25) is 0 Å². The normalized spacial score (nSPS) is 26.2. The number of carbonyl (C=O) groups is 1. The molecule has 0 N–H and O–H groups in total. The molecule has 3 rings (SSSR count). The Morgan fingerprint density at radius 3 is 1.96 bits per heavy atom. The van der Waals surface area contributed by atoms with Crippen LogP contribution in [0.4, 0.5) is 0 Å². The third kappa shape index (κ3) is 4.93. The summed E-state index contributed by atoms with van der Waals surface area (Å²) in [6.07, 6.45) is 22.9. The van der Waals surface area contributed by atoms with Gasteiger partial charge in [-0.1, -0.05) is 63.9 Å². The molecule has 0 spiro atoms. The fraction of sp³-hybridized carbons (Fsp3) is 0.875. The van der Waals surface area contributed by atoms with E-state index in [9.17, 15) is 4.79 Å². The molecule has 0 aromatic heterocycles. The smallest absolute Gasteiger partial charge is 0.312 e. The van der Waals surface area contributed by atoms with Crippen LogP contribution < -0.4 is 0 Å². The maximum Gasteiger partial charge on any atom is 0.312 e. The highest BCUT2D eigenvalue weighted by molar-refractivity contribution is 5.78. The van der Waals surface area contributed by atoms with E-state index in [4.69, 9.17) is 4.74 Å². The monoisotopic (exact) mass is 360 g/mol. The summed E-state index contributed by atoms with van der Waals surface area (Å²) in [4.78, 5) is 13.6. The van der Waals surface area contributed by atoms with Gasteiger partial charge in [0.2, 0.25) is 0 Å². The van der Waals surface area contributed by atoms with E-state index in [2.05, 4.69) is 6.58 Å². The van der Waals surface area contributed by atoms with Crippen molar-refractivity contribution in [3.05, 3.63) is 12.7 Å². The molecule has 0 radical (unpaired) electrons. The molecule has 3 saturated carbocycles. The summed E-state index contributed by atoms with van der Waals surface area (Å²) >= 11 is 0. The van der Waals surface area contributed by atoms with E-state index in [1.807, 2.05) is 6.08 Å². The second kappa shape index (κ2) is 9.95. The summed E-state index contributed by atoms with van der Waals surface area (Å²) in [5, 5.41) is 0. The number of rotatable bonds is 7. The Morgan fingerprint density at radius 1 is 0.846 bits per heavy atom. The van der Waals surface area contributed by atoms with Crippen LogP contribution >= 0.6 is 0 Å². The molecule has 3 aliphatic carbocycles. The van der Waals surface area contributed by atoms with Crippen LogP contribution in [-0.2, 0) is 9.53 Å². The zero-order chi connectivity index (χ0) is 18.2. The molecule has 3 fully saturated rings. The van der Waals surface area contributed by atoms with E-state index in [0.717, 1.165) is 25.7 Å². The van der Waals surface area contributed by atoms with Crippen molar-refractivity contribution in [2.75, 3.05) is 0 Å². The first-order chi connectivity index (χ1) is 12.7. The highest BCUT2D eigenvalue weighted by Crippen LogP contribution is 2.49. The lowest BCUT2D eigenvalue weighted by atomic mass is 9.61. The summed E-state index contributed by atoms with van der Waals surface area (Å²) < 4.78 is 6.22. The van der Waals surface area contributed by atoms with Crippen molar-refractivity contribution in [2.45, 2.75) is 115 Å². The van der Waals surface area contributed by atoms with Crippen LogP contribution in [0.15, 0.2) is 12.7 Å². The molecule has 1 atom stereocenters. The number of esters is 1. The average molecular weight is 361 g/mol. The number of carbonyl (C=O) groups excluding carboxylic acids is 1. The first-order valence-corrected chi connectivity index (χ1v) is 11.6. The minimum Gasteiger partial charge on any atom is -0.462 e. The van der Waals surface area contributed by atoms with Gasteiger partial charge < -0.3 is 4.74 Å². The van der Waals surface area contributed by atoms with Gasteiger partial charge in [0.05, 0.1) is 5.41 Å². The second-order valence-electron chi connectivity index (χ2n) is 9.36. The topological polar surface area (TPSA) is 26.3 Å². The Bertz CT molecular complexity index is 439. The van der Waals surface area contributed by atoms with Crippen LogP contribution in [-0.4, -0.2) is 12.1 Å². The molecule has 26 heavy (non-hydrogen) atoms. The van der Waals surface area contributed by atoms with Crippen molar-refractivity contribution in [1.82, 2.24) is 0 Å². The van der Waals surface area contributed by atoms with Crippen LogP contribution in [0.25, 0.3) is 0 Å². The molecule has 0 aromatic carbocycles. The molecule has 1 unspecified atom stereocenters. The predicted octanol–water partition coefficient (Wildman–Crippen LogP) is 6.98. The molecule has 0 aliphatic heterocycles. The largest absolute Gasteiger partial charge is 0.462 e. The van der Waals surface area contributed by atoms with E-state index in [1.54, 1.807) is 0 Å². The predicted molar refractivity (Wildman–Crippen MR) is 108 cm³/mol. The quantitative estimate of drug-likeness (QED) is 0.362. The van der Waals surface area contributed by atoms with Gasteiger partial charge in [-0.05, 0) is 63.2 Å².